The van der Waals surface area contributed by atoms with Crippen molar-refractivity contribution in [1.82, 2.24) is 20.0 Å². The van der Waals surface area contributed by atoms with Gasteiger partial charge in [-0.2, -0.15) is 5.10 Å². The Morgan fingerprint density at radius 2 is 2.05 bits per heavy atom. The first-order valence-corrected chi connectivity index (χ1v) is 7.23. The van der Waals surface area contributed by atoms with Gasteiger partial charge in [-0.3, -0.25) is 0 Å². The normalized spacial score (nSPS) is 12.8. The van der Waals surface area contributed by atoms with Crippen molar-refractivity contribution in [3.63, 3.8) is 0 Å². The van der Waals surface area contributed by atoms with E-state index in [1.165, 1.54) is 0 Å². The van der Waals surface area contributed by atoms with E-state index in [-0.39, 0.29) is 5.92 Å². The van der Waals surface area contributed by atoms with E-state index < -0.39 is 0 Å². The zero-order valence-electron chi connectivity index (χ0n) is 12.8. The molecule has 0 amide bonds. The maximum atomic E-state index is 6.60. The Labute approximate surface area is 129 Å². The molecule has 0 radical (unpaired) electrons. The zero-order valence-corrected chi connectivity index (χ0v) is 13.5. The summed E-state index contributed by atoms with van der Waals surface area (Å²) in [5, 5.41) is 14.5. The van der Waals surface area contributed by atoms with Crippen molar-refractivity contribution in [2.45, 2.75) is 26.7 Å². The van der Waals surface area contributed by atoms with E-state index in [0.717, 1.165) is 16.7 Å². The van der Waals surface area contributed by atoms with Crippen LogP contribution in [0.25, 0.3) is 16.6 Å². The molecule has 2 aromatic heterocycles. The minimum Gasteiger partial charge on any atom is -0.249 e. The van der Waals surface area contributed by atoms with Crippen molar-refractivity contribution in [2.75, 3.05) is 0 Å². The number of allylic oxidation sites excluding steroid dienone is 5. The van der Waals surface area contributed by atoms with Gasteiger partial charge in [-0.1, -0.05) is 56.3 Å². The Balaban J connectivity index is 2.73. The van der Waals surface area contributed by atoms with Gasteiger partial charge in [0.25, 0.3) is 0 Å². The van der Waals surface area contributed by atoms with Crippen molar-refractivity contribution in [3.8, 4) is 0 Å². The summed E-state index contributed by atoms with van der Waals surface area (Å²) in [4.78, 5) is 0. The Kier molecular flexibility index (Phi) is 4.58. The van der Waals surface area contributed by atoms with Crippen molar-refractivity contribution in [2.24, 2.45) is 7.05 Å². The Hall–Kier alpha value is -1.94. The summed E-state index contributed by atoms with van der Waals surface area (Å²) in [5.74, 6) is 0.265. The minimum atomic E-state index is 0.265. The lowest BCUT2D eigenvalue weighted by molar-refractivity contribution is 0.721. The van der Waals surface area contributed by atoms with Crippen LogP contribution in [0, 0.1) is 0 Å². The van der Waals surface area contributed by atoms with Crippen LogP contribution in [-0.2, 0) is 7.05 Å². The molecule has 0 saturated heterocycles. The van der Waals surface area contributed by atoms with E-state index in [0.29, 0.717) is 16.4 Å². The summed E-state index contributed by atoms with van der Waals surface area (Å²) in [6.45, 7) is 9.80. The molecule has 0 spiro atoms. The fourth-order valence-electron chi connectivity index (χ4n) is 2.19. The molecule has 0 fully saturated rings. The number of aromatic nitrogens is 4. The van der Waals surface area contributed by atoms with Gasteiger partial charge in [-0.15, -0.1) is 10.2 Å². The number of rotatable bonds is 4. The average molecular weight is 303 g/mol. The lowest BCUT2D eigenvalue weighted by Gasteiger charge is -2.06. The van der Waals surface area contributed by atoms with Gasteiger partial charge >= 0.3 is 0 Å². The van der Waals surface area contributed by atoms with Crippen LogP contribution >= 0.6 is 11.6 Å². The van der Waals surface area contributed by atoms with Gasteiger partial charge in [0.05, 0.1) is 16.1 Å². The molecular weight excluding hydrogens is 284 g/mol. The lowest BCUT2D eigenvalue weighted by Crippen LogP contribution is -1.97. The van der Waals surface area contributed by atoms with E-state index in [1.54, 1.807) is 10.8 Å². The second kappa shape index (κ2) is 6.22. The van der Waals surface area contributed by atoms with Gasteiger partial charge in [0.15, 0.2) is 5.65 Å². The van der Waals surface area contributed by atoms with Crippen LogP contribution in [0.1, 0.15) is 38.1 Å². The highest BCUT2D eigenvalue weighted by atomic mass is 35.5. The molecule has 0 saturated carbocycles. The molecule has 2 aromatic rings. The van der Waals surface area contributed by atoms with Crippen LogP contribution in [-0.4, -0.2) is 20.0 Å². The molecule has 0 aliphatic rings. The summed E-state index contributed by atoms with van der Waals surface area (Å²) >= 11 is 6.60. The molecule has 2 rings (SSSR count). The SMILES string of the molecule is C=C/C=C\C(=C/C)c1nnc2c(c(C(C)C)nn2C)c1Cl. The number of fused-ring (bicyclic) bond motifs is 1. The molecule has 4 nitrogen and oxygen atoms in total. The monoisotopic (exact) mass is 302 g/mol. The highest BCUT2D eigenvalue weighted by Crippen LogP contribution is 2.33. The molecule has 0 N–H and O–H groups in total. The van der Waals surface area contributed by atoms with Crippen LogP contribution < -0.4 is 0 Å². The van der Waals surface area contributed by atoms with Gasteiger partial charge in [-0.25, -0.2) is 4.68 Å². The van der Waals surface area contributed by atoms with Crippen molar-refractivity contribution < 1.29 is 0 Å². The van der Waals surface area contributed by atoms with Gasteiger partial charge in [0.2, 0.25) is 0 Å². The van der Waals surface area contributed by atoms with E-state index in [1.807, 2.05) is 32.2 Å². The second-order valence-corrected chi connectivity index (χ2v) is 5.44. The fraction of sp³-hybridized carbons (Fsp3) is 0.312. The number of hydrogen-bond donors (Lipinski definition) is 0. The number of halogens is 1. The fourth-order valence-corrected chi connectivity index (χ4v) is 2.52. The number of aryl methyl sites for hydroxylation is 1. The Morgan fingerprint density at radius 1 is 1.33 bits per heavy atom. The Bertz CT molecular complexity index is 738. The maximum absolute atomic E-state index is 6.60. The van der Waals surface area contributed by atoms with Crippen molar-refractivity contribution in [3.05, 3.63) is 47.3 Å². The predicted octanol–water partition coefficient (Wildman–Crippen LogP) is 4.29. The predicted molar refractivity (Wildman–Crippen MR) is 88.4 cm³/mol. The van der Waals surface area contributed by atoms with Crippen LogP contribution in [0.5, 0.6) is 0 Å². The Morgan fingerprint density at radius 3 is 2.62 bits per heavy atom. The molecule has 21 heavy (non-hydrogen) atoms. The summed E-state index contributed by atoms with van der Waals surface area (Å²) in [5.41, 5.74) is 3.22. The third-order valence-corrected chi connectivity index (χ3v) is 3.63. The number of nitrogens with zero attached hydrogens (tertiary/aromatic N) is 4. The molecule has 2 heterocycles. The van der Waals surface area contributed by atoms with Crippen LogP contribution in [0.2, 0.25) is 5.02 Å². The first-order chi connectivity index (χ1) is 10.0. The first-order valence-electron chi connectivity index (χ1n) is 6.85. The molecule has 0 atom stereocenters. The second-order valence-electron chi connectivity index (χ2n) is 5.06. The third-order valence-electron chi connectivity index (χ3n) is 3.26. The van der Waals surface area contributed by atoms with Crippen LogP contribution in [0.15, 0.2) is 30.9 Å². The molecule has 0 bridgehead atoms. The minimum absolute atomic E-state index is 0.265. The van der Waals surface area contributed by atoms with E-state index in [9.17, 15) is 0 Å². The standard InChI is InChI=1S/C16H19ClN4/c1-6-8-9-11(7-2)15-13(17)12-14(10(3)4)20-21(5)16(12)19-18-15/h6-10H,1H2,2-5H3/b9-8-,11-7+. The smallest absolute Gasteiger partial charge is 0.181 e. The largest absolute Gasteiger partial charge is 0.249 e. The molecule has 0 aliphatic carbocycles. The highest BCUT2D eigenvalue weighted by Gasteiger charge is 2.20. The maximum Gasteiger partial charge on any atom is 0.181 e. The third kappa shape index (κ3) is 2.76. The van der Waals surface area contributed by atoms with Gasteiger partial charge in [0.1, 0.15) is 5.69 Å². The van der Waals surface area contributed by atoms with Gasteiger partial charge in [0, 0.05) is 7.05 Å². The summed E-state index contributed by atoms with van der Waals surface area (Å²) in [7, 11) is 1.85. The molecule has 110 valence electrons. The first kappa shape index (κ1) is 15.4. The quantitative estimate of drug-likeness (QED) is 0.792. The molecule has 5 heteroatoms. The van der Waals surface area contributed by atoms with E-state index in [2.05, 4.69) is 35.7 Å². The van der Waals surface area contributed by atoms with Gasteiger partial charge < -0.3 is 0 Å². The summed E-state index contributed by atoms with van der Waals surface area (Å²) in [6.07, 6.45) is 7.43. The van der Waals surface area contributed by atoms with Crippen LogP contribution in [0.3, 0.4) is 0 Å². The highest BCUT2D eigenvalue weighted by molar-refractivity contribution is 6.37. The molecule has 0 unspecified atom stereocenters. The number of hydrogen-bond acceptors (Lipinski definition) is 3. The van der Waals surface area contributed by atoms with Crippen molar-refractivity contribution in [1.29, 1.82) is 0 Å². The zero-order chi connectivity index (χ0) is 15.6. The average Bonchev–Trinajstić information content (AvgIpc) is 2.80. The lowest BCUT2D eigenvalue weighted by atomic mass is 10.1. The summed E-state index contributed by atoms with van der Waals surface area (Å²) < 4.78 is 1.72. The molecule has 0 aromatic carbocycles. The van der Waals surface area contributed by atoms with E-state index in [4.69, 9.17) is 11.6 Å². The molecular formula is C16H19ClN4. The van der Waals surface area contributed by atoms with Crippen molar-refractivity contribution >= 4 is 28.2 Å². The molecule has 0 aliphatic heterocycles. The summed E-state index contributed by atoms with van der Waals surface area (Å²) in [6, 6.07) is 0. The topological polar surface area (TPSA) is 43.6 Å². The van der Waals surface area contributed by atoms with E-state index >= 15 is 0 Å². The van der Waals surface area contributed by atoms with Gasteiger partial charge in [-0.05, 0) is 18.4 Å². The van der Waals surface area contributed by atoms with Crippen LogP contribution in [0.4, 0.5) is 0 Å².